The number of aryl methyl sites for hydroxylation is 1. The third-order valence-electron chi connectivity index (χ3n) is 5.76. The maximum absolute atomic E-state index is 14.1. The first kappa shape index (κ1) is 17.7. The molecule has 1 aliphatic heterocycles. The van der Waals surface area contributed by atoms with Crippen LogP contribution in [0.1, 0.15) is 51.4 Å². The highest BCUT2D eigenvalue weighted by Crippen LogP contribution is 2.45. The number of carbonyl (C=O) groups is 1. The minimum Gasteiger partial charge on any atom is -0.465 e. The van der Waals surface area contributed by atoms with Gasteiger partial charge in [0.2, 0.25) is 0 Å². The third-order valence-corrected chi connectivity index (χ3v) is 5.76. The van der Waals surface area contributed by atoms with Gasteiger partial charge in [0.1, 0.15) is 0 Å². The standard InChI is InChI=1S/C19H26FN3O2/c1-13-15(21-16-14(20)8-7-10-22(13)16)12-19(18(2,3)4)9-5-6-11-23(19)17(24)25/h7-8,10H,5-6,9,11-12H2,1-4H3,(H,24,25)/t19-/m0/s1. The van der Waals surface area contributed by atoms with E-state index in [2.05, 4.69) is 25.8 Å². The molecule has 5 nitrogen and oxygen atoms in total. The Morgan fingerprint density at radius 1 is 1.40 bits per heavy atom. The molecule has 1 amide bonds. The first-order valence-electron chi connectivity index (χ1n) is 8.80. The molecule has 1 atom stereocenters. The van der Waals surface area contributed by atoms with Crippen LogP contribution in [0.3, 0.4) is 0 Å². The number of rotatable bonds is 2. The smallest absolute Gasteiger partial charge is 0.407 e. The molecule has 1 saturated heterocycles. The summed E-state index contributed by atoms with van der Waals surface area (Å²) in [5.41, 5.74) is 1.14. The molecule has 0 unspecified atom stereocenters. The van der Waals surface area contributed by atoms with Gasteiger partial charge in [-0.15, -0.1) is 0 Å². The average Bonchev–Trinajstić information content (AvgIpc) is 2.85. The van der Waals surface area contributed by atoms with Gasteiger partial charge in [0.25, 0.3) is 0 Å². The normalized spacial score (nSPS) is 21.7. The van der Waals surface area contributed by atoms with Crippen molar-refractivity contribution in [3.05, 3.63) is 35.5 Å². The zero-order chi connectivity index (χ0) is 18.4. The van der Waals surface area contributed by atoms with Crippen LogP contribution in [0.4, 0.5) is 9.18 Å². The van der Waals surface area contributed by atoms with Gasteiger partial charge >= 0.3 is 6.09 Å². The number of halogens is 1. The summed E-state index contributed by atoms with van der Waals surface area (Å²) in [4.78, 5) is 18.1. The third kappa shape index (κ3) is 2.77. The van der Waals surface area contributed by atoms with E-state index in [-0.39, 0.29) is 11.2 Å². The monoisotopic (exact) mass is 347 g/mol. The molecule has 0 spiro atoms. The first-order chi connectivity index (χ1) is 11.7. The molecule has 3 rings (SSSR count). The fraction of sp³-hybridized carbons (Fsp3) is 0.579. The molecular formula is C19H26FN3O2. The van der Waals surface area contributed by atoms with Crippen LogP contribution in [0, 0.1) is 18.2 Å². The van der Waals surface area contributed by atoms with Crippen LogP contribution < -0.4 is 0 Å². The second-order valence-corrected chi connectivity index (χ2v) is 8.04. The van der Waals surface area contributed by atoms with Gasteiger partial charge in [-0.1, -0.05) is 20.8 Å². The van der Waals surface area contributed by atoms with E-state index in [0.29, 0.717) is 18.6 Å². The topological polar surface area (TPSA) is 57.8 Å². The molecule has 1 aliphatic rings. The van der Waals surface area contributed by atoms with Crippen LogP contribution in [-0.2, 0) is 6.42 Å². The van der Waals surface area contributed by atoms with Gasteiger partial charge in [0.05, 0.1) is 11.2 Å². The van der Waals surface area contributed by atoms with Crippen molar-refractivity contribution in [1.29, 1.82) is 0 Å². The van der Waals surface area contributed by atoms with Crippen LogP contribution in [0.25, 0.3) is 5.65 Å². The Labute approximate surface area is 147 Å². The summed E-state index contributed by atoms with van der Waals surface area (Å²) in [7, 11) is 0. The van der Waals surface area contributed by atoms with E-state index in [9.17, 15) is 14.3 Å². The molecule has 0 aromatic carbocycles. The predicted octanol–water partition coefficient (Wildman–Crippen LogP) is 4.27. The molecule has 25 heavy (non-hydrogen) atoms. The summed E-state index contributed by atoms with van der Waals surface area (Å²) in [6, 6.07) is 3.06. The zero-order valence-corrected chi connectivity index (χ0v) is 15.3. The van der Waals surface area contributed by atoms with Gasteiger partial charge in [-0.05, 0) is 43.7 Å². The van der Waals surface area contributed by atoms with E-state index in [1.165, 1.54) is 6.07 Å². The van der Waals surface area contributed by atoms with Crippen molar-refractivity contribution in [3.63, 3.8) is 0 Å². The number of carboxylic acid groups (broad SMARTS) is 1. The SMILES string of the molecule is Cc1c(C[C@]2(C(C)(C)C)CCCCN2C(=O)O)nc2c(F)cccn12. The van der Waals surface area contributed by atoms with E-state index >= 15 is 0 Å². The lowest BCUT2D eigenvalue weighted by Crippen LogP contribution is -2.62. The lowest BCUT2D eigenvalue weighted by Gasteiger charge is -2.53. The Morgan fingerprint density at radius 3 is 2.72 bits per heavy atom. The zero-order valence-electron chi connectivity index (χ0n) is 15.3. The van der Waals surface area contributed by atoms with Gasteiger partial charge in [-0.25, -0.2) is 14.2 Å². The van der Waals surface area contributed by atoms with Crippen molar-refractivity contribution in [2.75, 3.05) is 6.54 Å². The molecule has 136 valence electrons. The highest BCUT2D eigenvalue weighted by molar-refractivity contribution is 5.67. The quantitative estimate of drug-likeness (QED) is 0.882. The van der Waals surface area contributed by atoms with E-state index in [4.69, 9.17) is 0 Å². The Balaban J connectivity index is 2.12. The van der Waals surface area contributed by atoms with Crippen molar-refractivity contribution < 1.29 is 14.3 Å². The summed E-state index contributed by atoms with van der Waals surface area (Å²) >= 11 is 0. The number of amides is 1. The van der Waals surface area contributed by atoms with Crippen molar-refractivity contribution in [2.24, 2.45) is 5.41 Å². The van der Waals surface area contributed by atoms with Crippen LogP contribution in [-0.4, -0.2) is 37.6 Å². The van der Waals surface area contributed by atoms with Crippen LogP contribution >= 0.6 is 0 Å². The van der Waals surface area contributed by atoms with Crippen LogP contribution in [0.15, 0.2) is 18.3 Å². The summed E-state index contributed by atoms with van der Waals surface area (Å²) in [6.45, 7) is 8.70. The number of hydrogen-bond donors (Lipinski definition) is 1. The van der Waals surface area contributed by atoms with Gasteiger partial charge < -0.3 is 14.4 Å². The number of pyridine rings is 1. The van der Waals surface area contributed by atoms with Crippen LogP contribution in [0.2, 0.25) is 0 Å². The first-order valence-corrected chi connectivity index (χ1v) is 8.80. The number of piperidine rings is 1. The Kier molecular flexibility index (Phi) is 4.25. The minimum atomic E-state index is -0.887. The summed E-state index contributed by atoms with van der Waals surface area (Å²) in [5, 5.41) is 9.81. The molecule has 0 aliphatic carbocycles. The maximum atomic E-state index is 14.1. The Hall–Kier alpha value is -2.11. The van der Waals surface area contributed by atoms with Crippen LogP contribution in [0.5, 0.6) is 0 Å². The fourth-order valence-corrected chi connectivity index (χ4v) is 4.19. The molecule has 6 heteroatoms. The van der Waals surface area contributed by atoms with Crippen molar-refractivity contribution in [3.8, 4) is 0 Å². The molecule has 0 bridgehead atoms. The molecule has 3 heterocycles. The lowest BCUT2D eigenvalue weighted by molar-refractivity contribution is -0.0252. The summed E-state index contributed by atoms with van der Waals surface area (Å²) in [5.74, 6) is -0.361. The van der Waals surface area contributed by atoms with Gasteiger partial charge in [-0.3, -0.25) is 0 Å². The maximum Gasteiger partial charge on any atom is 0.407 e. The summed E-state index contributed by atoms with van der Waals surface area (Å²) < 4.78 is 15.8. The van der Waals surface area contributed by atoms with E-state index in [1.54, 1.807) is 21.6 Å². The number of hydrogen-bond acceptors (Lipinski definition) is 2. The van der Waals surface area contributed by atoms with Crippen molar-refractivity contribution in [1.82, 2.24) is 14.3 Å². The molecule has 2 aromatic heterocycles. The second kappa shape index (κ2) is 6.00. The highest BCUT2D eigenvalue weighted by atomic mass is 19.1. The van der Waals surface area contributed by atoms with Crippen molar-refractivity contribution in [2.45, 2.75) is 58.9 Å². The Morgan fingerprint density at radius 2 is 2.12 bits per heavy atom. The summed E-state index contributed by atoms with van der Waals surface area (Å²) in [6.07, 6.45) is 4.06. The van der Waals surface area contributed by atoms with E-state index < -0.39 is 11.6 Å². The number of imidazole rings is 1. The molecule has 1 N–H and O–H groups in total. The molecule has 0 saturated carbocycles. The average molecular weight is 347 g/mol. The fourth-order valence-electron chi connectivity index (χ4n) is 4.19. The molecule has 0 radical (unpaired) electrons. The van der Waals surface area contributed by atoms with E-state index in [0.717, 1.165) is 30.7 Å². The number of aromatic nitrogens is 2. The lowest BCUT2D eigenvalue weighted by atomic mass is 9.65. The largest absolute Gasteiger partial charge is 0.465 e. The number of likely N-dealkylation sites (tertiary alicyclic amines) is 1. The number of fused-ring (bicyclic) bond motifs is 1. The molecular weight excluding hydrogens is 321 g/mol. The predicted molar refractivity (Wildman–Crippen MR) is 94.4 cm³/mol. The van der Waals surface area contributed by atoms with Gasteiger partial charge in [-0.2, -0.15) is 0 Å². The molecule has 2 aromatic rings. The van der Waals surface area contributed by atoms with Gasteiger partial charge in [0, 0.05) is 24.9 Å². The van der Waals surface area contributed by atoms with Gasteiger partial charge in [0.15, 0.2) is 11.5 Å². The number of nitrogens with zero attached hydrogens (tertiary/aromatic N) is 3. The second-order valence-electron chi connectivity index (χ2n) is 8.04. The highest BCUT2D eigenvalue weighted by Gasteiger charge is 2.50. The minimum absolute atomic E-state index is 0.257. The Bertz CT molecular complexity index is 809. The van der Waals surface area contributed by atoms with Crippen molar-refractivity contribution >= 4 is 11.7 Å². The molecule has 1 fully saturated rings. The van der Waals surface area contributed by atoms with E-state index in [1.807, 2.05) is 6.92 Å².